The molecular weight excluding hydrogens is 266 g/mol. The van der Waals surface area contributed by atoms with Crippen molar-refractivity contribution >= 4 is 11.8 Å². The number of pyridine rings is 1. The van der Waals surface area contributed by atoms with Crippen LogP contribution in [0.4, 0.5) is 0 Å². The highest BCUT2D eigenvalue weighted by Crippen LogP contribution is 1.97. The number of carbonyl (C=O) groups is 2. The summed E-state index contributed by atoms with van der Waals surface area (Å²) in [5.41, 5.74) is 1.03. The van der Waals surface area contributed by atoms with Crippen molar-refractivity contribution in [2.45, 2.75) is 6.42 Å². The van der Waals surface area contributed by atoms with Gasteiger partial charge in [0.05, 0.1) is 0 Å². The molecule has 0 aliphatic rings. The number of nitrogens with zero attached hydrogens (tertiary/aromatic N) is 1. The SMILES string of the molecule is O=C(NCCCNC(=O)c1ccccn1)c1ccccc1. The van der Waals surface area contributed by atoms with Crippen LogP contribution in [0.5, 0.6) is 0 Å². The molecule has 0 spiro atoms. The van der Waals surface area contributed by atoms with E-state index in [4.69, 9.17) is 0 Å². The van der Waals surface area contributed by atoms with Crippen molar-refractivity contribution < 1.29 is 9.59 Å². The van der Waals surface area contributed by atoms with Gasteiger partial charge < -0.3 is 10.6 Å². The van der Waals surface area contributed by atoms with E-state index in [0.717, 1.165) is 0 Å². The van der Waals surface area contributed by atoms with Crippen molar-refractivity contribution in [1.82, 2.24) is 15.6 Å². The Hall–Kier alpha value is -2.69. The molecule has 1 heterocycles. The lowest BCUT2D eigenvalue weighted by Gasteiger charge is -2.06. The number of aromatic nitrogens is 1. The fraction of sp³-hybridized carbons (Fsp3) is 0.188. The third-order valence-electron chi connectivity index (χ3n) is 2.86. The lowest BCUT2D eigenvalue weighted by Crippen LogP contribution is -2.30. The maximum atomic E-state index is 11.8. The van der Waals surface area contributed by atoms with E-state index in [2.05, 4.69) is 15.6 Å². The third-order valence-corrected chi connectivity index (χ3v) is 2.86. The molecule has 2 N–H and O–H groups in total. The van der Waals surface area contributed by atoms with Gasteiger partial charge in [0.1, 0.15) is 5.69 Å². The van der Waals surface area contributed by atoms with Crippen LogP contribution in [0.25, 0.3) is 0 Å². The number of rotatable bonds is 6. The van der Waals surface area contributed by atoms with Crippen LogP contribution in [-0.2, 0) is 0 Å². The Morgan fingerprint density at radius 3 is 2.19 bits per heavy atom. The van der Waals surface area contributed by atoms with Gasteiger partial charge >= 0.3 is 0 Å². The average Bonchev–Trinajstić information content (AvgIpc) is 2.55. The van der Waals surface area contributed by atoms with Crippen LogP contribution in [0.15, 0.2) is 54.7 Å². The fourth-order valence-corrected chi connectivity index (χ4v) is 1.77. The summed E-state index contributed by atoms with van der Waals surface area (Å²) in [4.78, 5) is 27.4. The maximum absolute atomic E-state index is 11.8. The van der Waals surface area contributed by atoms with E-state index < -0.39 is 0 Å². The number of amides is 2. The Morgan fingerprint density at radius 2 is 1.52 bits per heavy atom. The number of benzene rings is 1. The number of hydrogen-bond acceptors (Lipinski definition) is 3. The van der Waals surface area contributed by atoms with Gasteiger partial charge in [-0.05, 0) is 30.7 Å². The minimum atomic E-state index is -0.204. The monoisotopic (exact) mass is 283 g/mol. The predicted octanol–water partition coefficient (Wildman–Crippen LogP) is 1.63. The molecule has 1 aromatic heterocycles. The molecule has 0 saturated heterocycles. The largest absolute Gasteiger partial charge is 0.352 e. The highest BCUT2D eigenvalue weighted by atomic mass is 16.2. The Bertz CT molecular complexity index is 531. The molecule has 108 valence electrons. The maximum Gasteiger partial charge on any atom is 0.269 e. The average molecular weight is 283 g/mol. The van der Waals surface area contributed by atoms with Gasteiger partial charge in [0.2, 0.25) is 0 Å². The van der Waals surface area contributed by atoms with Crippen molar-refractivity contribution in [3.63, 3.8) is 0 Å². The quantitative estimate of drug-likeness (QED) is 0.792. The van der Waals surface area contributed by atoms with Crippen LogP contribution in [0.2, 0.25) is 0 Å². The predicted molar refractivity (Wildman–Crippen MR) is 80.0 cm³/mol. The molecule has 0 aliphatic carbocycles. The zero-order valence-electron chi connectivity index (χ0n) is 11.6. The lowest BCUT2D eigenvalue weighted by molar-refractivity contribution is 0.0948. The minimum Gasteiger partial charge on any atom is -0.352 e. The molecule has 0 unspecified atom stereocenters. The number of carbonyl (C=O) groups excluding carboxylic acids is 2. The standard InChI is InChI=1S/C16H17N3O2/c20-15(13-7-2-1-3-8-13)18-11-6-12-19-16(21)14-9-4-5-10-17-14/h1-5,7-10H,6,11-12H2,(H,18,20)(H,19,21). The van der Waals surface area contributed by atoms with Crippen LogP contribution in [0.3, 0.4) is 0 Å². The number of hydrogen-bond donors (Lipinski definition) is 2. The van der Waals surface area contributed by atoms with E-state index in [0.29, 0.717) is 30.8 Å². The van der Waals surface area contributed by atoms with Crippen LogP contribution >= 0.6 is 0 Å². The summed E-state index contributed by atoms with van der Waals surface area (Å²) in [5, 5.41) is 5.57. The molecule has 0 bridgehead atoms. The summed E-state index contributed by atoms with van der Waals surface area (Å²) in [7, 11) is 0. The van der Waals surface area contributed by atoms with Crippen molar-refractivity contribution in [3.8, 4) is 0 Å². The van der Waals surface area contributed by atoms with Crippen molar-refractivity contribution in [1.29, 1.82) is 0 Å². The molecule has 5 heteroatoms. The molecule has 2 aromatic rings. The van der Waals surface area contributed by atoms with E-state index in [1.807, 2.05) is 18.2 Å². The Labute approximate surface area is 123 Å². The number of nitrogens with one attached hydrogen (secondary N) is 2. The summed E-state index contributed by atoms with van der Waals surface area (Å²) in [6.45, 7) is 1.00. The topological polar surface area (TPSA) is 71.1 Å². The van der Waals surface area contributed by atoms with E-state index in [1.165, 1.54) is 0 Å². The fourth-order valence-electron chi connectivity index (χ4n) is 1.77. The molecule has 1 aromatic carbocycles. The first kappa shape index (κ1) is 14.7. The van der Waals surface area contributed by atoms with Gasteiger partial charge in [0, 0.05) is 24.8 Å². The second kappa shape index (κ2) is 7.79. The lowest BCUT2D eigenvalue weighted by atomic mass is 10.2. The molecule has 0 aliphatic heterocycles. The summed E-state index contributed by atoms with van der Waals surface area (Å²) in [6.07, 6.45) is 2.24. The minimum absolute atomic E-state index is 0.105. The normalized spacial score (nSPS) is 9.90. The van der Waals surface area contributed by atoms with Crippen LogP contribution in [0.1, 0.15) is 27.3 Å². The zero-order chi connectivity index (χ0) is 14.9. The summed E-state index contributed by atoms with van der Waals surface area (Å²) >= 11 is 0. The summed E-state index contributed by atoms with van der Waals surface area (Å²) in [6, 6.07) is 14.2. The molecule has 2 amide bonds. The second-order valence-electron chi connectivity index (χ2n) is 4.45. The van der Waals surface area contributed by atoms with Gasteiger partial charge in [0.15, 0.2) is 0 Å². The van der Waals surface area contributed by atoms with Gasteiger partial charge in [-0.3, -0.25) is 14.6 Å². The smallest absolute Gasteiger partial charge is 0.269 e. The van der Waals surface area contributed by atoms with Gasteiger partial charge in [-0.15, -0.1) is 0 Å². The Balaban J connectivity index is 1.64. The summed E-state index contributed by atoms with van der Waals surface area (Å²) < 4.78 is 0. The van der Waals surface area contributed by atoms with Gasteiger partial charge in [-0.25, -0.2) is 0 Å². The van der Waals surface area contributed by atoms with Crippen molar-refractivity contribution in [2.75, 3.05) is 13.1 Å². The van der Waals surface area contributed by atoms with E-state index in [-0.39, 0.29) is 11.8 Å². The van der Waals surface area contributed by atoms with Crippen LogP contribution in [0, 0.1) is 0 Å². The van der Waals surface area contributed by atoms with Crippen molar-refractivity contribution in [3.05, 3.63) is 66.0 Å². The molecule has 0 radical (unpaired) electrons. The highest BCUT2D eigenvalue weighted by molar-refractivity contribution is 5.94. The highest BCUT2D eigenvalue weighted by Gasteiger charge is 2.05. The van der Waals surface area contributed by atoms with E-state index >= 15 is 0 Å². The molecule has 21 heavy (non-hydrogen) atoms. The van der Waals surface area contributed by atoms with E-state index in [1.54, 1.807) is 36.5 Å². The molecule has 0 saturated carbocycles. The summed E-state index contributed by atoms with van der Waals surface area (Å²) in [5.74, 6) is -0.309. The van der Waals surface area contributed by atoms with Gasteiger partial charge in [-0.2, -0.15) is 0 Å². The van der Waals surface area contributed by atoms with E-state index in [9.17, 15) is 9.59 Å². The molecule has 0 fully saturated rings. The molecule has 5 nitrogen and oxygen atoms in total. The molecule has 0 atom stereocenters. The zero-order valence-corrected chi connectivity index (χ0v) is 11.6. The molecular formula is C16H17N3O2. The first-order chi connectivity index (χ1) is 10.3. The molecule has 2 rings (SSSR count). The Kier molecular flexibility index (Phi) is 5.46. The van der Waals surface area contributed by atoms with Gasteiger partial charge in [0.25, 0.3) is 11.8 Å². The van der Waals surface area contributed by atoms with Crippen LogP contribution in [-0.4, -0.2) is 29.9 Å². The van der Waals surface area contributed by atoms with Crippen LogP contribution < -0.4 is 10.6 Å². The van der Waals surface area contributed by atoms with Crippen molar-refractivity contribution in [2.24, 2.45) is 0 Å². The third kappa shape index (κ3) is 4.72. The van der Waals surface area contributed by atoms with Gasteiger partial charge in [-0.1, -0.05) is 24.3 Å². The second-order valence-corrected chi connectivity index (χ2v) is 4.45. The Morgan fingerprint density at radius 1 is 0.857 bits per heavy atom. The first-order valence-electron chi connectivity index (χ1n) is 6.80. The first-order valence-corrected chi connectivity index (χ1v) is 6.80.